The number of carbonyl (C=O) groups is 2. The second-order valence-corrected chi connectivity index (χ2v) is 11.3. The highest BCUT2D eigenvalue weighted by atomic mass is 16.3. The van der Waals surface area contributed by atoms with Crippen molar-refractivity contribution in [3.05, 3.63) is 58.2 Å². The monoisotopic (exact) mass is 440 g/mol. The predicted molar refractivity (Wildman–Crippen MR) is 127 cm³/mol. The molecule has 1 aromatic carbocycles. The molecule has 3 fully saturated rings. The van der Waals surface area contributed by atoms with E-state index in [0.717, 1.165) is 32.1 Å². The molecule has 5 aliphatic carbocycles. The molecule has 6 rings (SSSR count). The Morgan fingerprint density at radius 2 is 1.79 bits per heavy atom. The van der Waals surface area contributed by atoms with Gasteiger partial charge in [0.2, 0.25) is 5.78 Å². The van der Waals surface area contributed by atoms with E-state index in [-0.39, 0.29) is 17.6 Å². The van der Waals surface area contributed by atoms with Crippen LogP contribution in [-0.4, -0.2) is 22.3 Å². The van der Waals surface area contributed by atoms with E-state index >= 15 is 0 Å². The molecule has 0 spiro atoms. The van der Waals surface area contributed by atoms with Crippen molar-refractivity contribution in [3.8, 4) is 12.3 Å². The first-order valence-electron chi connectivity index (χ1n) is 12.7. The Morgan fingerprint density at radius 3 is 2.48 bits per heavy atom. The number of allylic oxidation sites excluding steroid dienone is 4. The van der Waals surface area contributed by atoms with Crippen molar-refractivity contribution in [1.29, 1.82) is 0 Å². The highest BCUT2D eigenvalue weighted by molar-refractivity contribution is 6.02. The molecule has 0 heterocycles. The molecule has 1 unspecified atom stereocenters. The van der Waals surface area contributed by atoms with Gasteiger partial charge >= 0.3 is 0 Å². The molecule has 0 radical (unpaired) electrons. The van der Waals surface area contributed by atoms with Crippen molar-refractivity contribution in [2.75, 3.05) is 0 Å². The van der Waals surface area contributed by atoms with Crippen LogP contribution < -0.4 is 0 Å². The van der Waals surface area contributed by atoms with E-state index in [1.165, 1.54) is 40.7 Å². The Morgan fingerprint density at radius 1 is 1.06 bits per heavy atom. The van der Waals surface area contributed by atoms with E-state index in [2.05, 4.69) is 37.1 Å². The highest BCUT2D eigenvalue weighted by Gasteiger charge is 2.65. The molecule has 1 aromatic rings. The molecule has 0 aromatic heterocycles. The van der Waals surface area contributed by atoms with Crippen LogP contribution in [0.5, 0.6) is 0 Å². The van der Waals surface area contributed by atoms with Crippen LogP contribution in [0.1, 0.15) is 87.7 Å². The quantitative estimate of drug-likeness (QED) is 0.506. The molecule has 3 saturated carbocycles. The van der Waals surface area contributed by atoms with Crippen LogP contribution in [0.25, 0.3) is 0 Å². The zero-order valence-electron chi connectivity index (χ0n) is 19.4. The van der Waals surface area contributed by atoms with Crippen molar-refractivity contribution in [1.82, 2.24) is 0 Å². The number of rotatable bonds is 3. The van der Waals surface area contributed by atoms with Crippen LogP contribution in [0.15, 0.2) is 47.1 Å². The molecular formula is C30H32O3. The lowest BCUT2D eigenvalue weighted by Crippen LogP contribution is -2.55. The smallest absolute Gasteiger partial charge is 0.237 e. The fourth-order valence-corrected chi connectivity index (χ4v) is 7.87. The Labute approximate surface area is 196 Å². The third-order valence-electron chi connectivity index (χ3n) is 9.78. The van der Waals surface area contributed by atoms with Gasteiger partial charge in [-0.1, -0.05) is 36.8 Å². The van der Waals surface area contributed by atoms with E-state index in [9.17, 15) is 14.7 Å². The van der Waals surface area contributed by atoms with Gasteiger partial charge in [0.15, 0.2) is 5.78 Å². The van der Waals surface area contributed by atoms with Crippen LogP contribution >= 0.6 is 0 Å². The Hall–Kier alpha value is -2.44. The van der Waals surface area contributed by atoms with Gasteiger partial charge in [-0.25, -0.2) is 0 Å². The molecule has 0 amide bonds. The summed E-state index contributed by atoms with van der Waals surface area (Å²) in [5.74, 6) is 3.48. The molecule has 1 N–H and O–H groups in total. The highest BCUT2D eigenvalue weighted by Crippen LogP contribution is 2.66. The topological polar surface area (TPSA) is 54.4 Å². The lowest BCUT2D eigenvalue weighted by atomic mass is 9.50. The summed E-state index contributed by atoms with van der Waals surface area (Å²) in [6.45, 7) is 2.11. The van der Waals surface area contributed by atoms with Crippen molar-refractivity contribution in [2.45, 2.75) is 82.1 Å². The third-order valence-corrected chi connectivity index (χ3v) is 9.78. The van der Waals surface area contributed by atoms with Crippen molar-refractivity contribution in [2.24, 2.45) is 17.3 Å². The lowest BCUT2D eigenvalue weighted by molar-refractivity contribution is -0.148. The van der Waals surface area contributed by atoms with Gasteiger partial charge in [-0.05, 0) is 103 Å². The standard InChI is InChI=1S/C30H32O3/c1-3-27(32)30(33)15-14-26-24-12-10-21-16-22(31)11-13-23(21)28(24)25(17-29(26,30)2)20-8-6-19(7-9-20)18-4-5-18/h1,6-9,16,18,24-26,33H,4-5,10-15,17H2,2H3/t24-,25+,26-,29-,30?/m0/s1. The van der Waals surface area contributed by atoms with Crippen molar-refractivity contribution >= 4 is 11.6 Å². The zero-order chi connectivity index (χ0) is 23.0. The van der Waals surface area contributed by atoms with Gasteiger partial charge in [-0.15, -0.1) is 6.42 Å². The Balaban J connectivity index is 1.50. The maximum absolute atomic E-state index is 12.8. The van der Waals surface area contributed by atoms with Gasteiger partial charge in [-0.3, -0.25) is 9.59 Å². The van der Waals surface area contributed by atoms with Gasteiger partial charge in [0.05, 0.1) is 0 Å². The minimum Gasteiger partial charge on any atom is -0.380 e. The van der Waals surface area contributed by atoms with Crippen LogP contribution in [0.3, 0.4) is 0 Å². The summed E-state index contributed by atoms with van der Waals surface area (Å²) in [5, 5.41) is 11.7. The number of aliphatic hydroxyl groups is 1. The van der Waals surface area contributed by atoms with Crippen molar-refractivity contribution in [3.63, 3.8) is 0 Å². The summed E-state index contributed by atoms with van der Waals surface area (Å²) < 4.78 is 0. The van der Waals surface area contributed by atoms with E-state index in [4.69, 9.17) is 6.42 Å². The molecule has 0 saturated heterocycles. The normalized spacial score (nSPS) is 37.5. The predicted octanol–water partition coefficient (Wildman–Crippen LogP) is 5.40. The van der Waals surface area contributed by atoms with E-state index in [1.807, 2.05) is 6.08 Å². The van der Waals surface area contributed by atoms with Crippen LogP contribution in [0.4, 0.5) is 0 Å². The van der Waals surface area contributed by atoms with Gasteiger partial charge in [0, 0.05) is 17.8 Å². The fourth-order valence-electron chi connectivity index (χ4n) is 7.87. The SMILES string of the molecule is C#CC(=O)C1(O)CC[C@H]2[C@@H]3CCC4=CC(=O)CCC4=C3[C@@H](c3ccc(C4CC4)cc3)C[C@@]21C. The summed E-state index contributed by atoms with van der Waals surface area (Å²) in [6, 6.07) is 9.10. The number of hydrogen-bond donors (Lipinski definition) is 1. The van der Waals surface area contributed by atoms with Crippen LogP contribution in [0, 0.1) is 29.6 Å². The van der Waals surface area contributed by atoms with Crippen LogP contribution in [0.2, 0.25) is 0 Å². The number of benzene rings is 1. The molecule has 3 heteroatoms. The number of Topliss-reactive ketones (excluding diaryl/α,β-unsaturated/α-hetero) is 1. The number of fused-ring (bicyclic) bond motifs is 4. The minimum absolute atomic E-state index is 0.145. The first kappa shape index (κ1) is 21.1. The zero-order valence-corrected chi connectivity index (χ0v) is 19.4. The Kier molecular flexibility index (Phi) is 4.66. The second kappa shape index (κ2) is 7.28. The summed E-state index contributed by atoms with van der Waals surface area (Å²) in [7, 11) is 0. The first-order chi connectivity index (χ1) is 15.9. The number of carbonyl (C=O) groups excluding carboxylic acids is 2. The average Bonchev–Trinajstić information content (AvgIpc) is 3.63. The van der Waals surface area contributed by atoms with Gasteiger partial charge < -0.3 is 5.11 Å². The largest absolute Gasteiger partial charge is 0.380 e. The molecule has 3 nitrogen and oxygen atoms in total. The first-order valence-corrected chi connectivity index (χ1v) is 12.7. The second-order valence-electron chi connectivity index (χ2n) is 11.3. The van der Waals surface area contributed by atoms with Gasteiger partial charge in [-0.2, -0.15) is 0 Å². The van der Waals surface area contributed by atoms with E-state index in [1.54, 1.807) is 0 Å². The third kappa shape index (κ3) is 3.00. The number of terminal acetylenes is 1. The molecule has 5 aliphatic rings. The van der Waals surface area contributed by atoms with E-state index < -0.39 is 16.8 Å². The molecule has 5 atom stereocenters. The van der Waals surface area contributed by atoms with Gasteiger partial charge in [0.25, 0.3) is 0 Å². The maximum atomic E-state index is 12.8. The summed E-state index contributed by atoms with van der Waals surface area (Å²) in [6.07, 6.45) is 15.3. The maximum Gasteiger partial charge on any atom is 0.237 e. The van der Waals surface area contributed by atoms with E-state index in [0.29, 0.717) is 24.7 Å². The molecule has 0 bridgehead atoms. The molecule has 33 heavy (non-hydrogen) atoms. The van der Waals surface area contributed by atoms with Gasteiger partial charge in [0.1, 0.15) is 5.60 Å². The average molecular weight is 441 g/mol. The van der Waals surface area contributed by atoms with Crippen molar-refractivity contribution < 1.29 is 14.7 Å². The molecule has 170 valence electrons. The summed E-state index contributed by atoms with van der Waals surface area (Å²) in [4.78, 5) is 25.0. The fraction of sp³-hybridized carbons (Fsp3) is 0.533. The summed E-state index contributed by atoms with van der Waals surface area (Å²) >= 11 is 0. The Bertz CT molecular complexity index is 1140. The molecule has 0 aliphatic heterocycles. The minimum atomic E-state index is -1.45. The molecular weight excluding hydrogens is 408 g/mol. The summed E-state index contributed by atoms with van der Waals surface area (Å²) in [5.41, 5.74) is 4.80. The van der Waals surface area contributed by atoms with Crippen LogP contribution in [-0.2, 0) is 9.59 Å². The number of hydrogen-bond acceptors (Lipinski definition) is 3. The number of ketones is 2. The lowest BCUT2D eigenvalue weighted by Gasteiger charge is -2.54.